The van der Waals surface area contributed by atoms with Crippen LogP contribution in [0.5, 0.6) is 0 Å². The molecule has 0 spiro atoms. The van der Waals surface area contributed by atoms with Crippen LogP contribution >= 0.6 is 0 Å². The second-order valence-corrected chi connectivity index (χ2v) is 6.24. The van der Waals surface area contributed by atoms with Crippen molar-refractivity contribution < 1.29 is 42.5 Å². The summed E-state index contributed by atoms with van der Waals surface area (Å²) in [6.45, 7) is 3.61. The summed E-state index contributed by atoms with van der Waals surface area (Å²) in [5, 5.41) is 3.14. The van der Waals surface area contributed by atoms with Crippen molar-refractivity contribution in [2.75, 3.05) is 0 Å². The molecule has 0 amide bonds. The first-order valence-corrected chi connectivity index (χ1v) is 7.93. The minimum atomic E-state index is -4.55. The van der Waals surface area contributed by atoms with Crippen LogP contribution in [-0.2, 0) is 16.5 Å². The van der Waals surface area contributed by atoms with E-state index in [1.165, 1.54) is 0 Å². The molecule has 0 bridgehead atoms. The van der Waals surface area contributed by atoms with Gasteiger partial charge in [-0.25, -0.2) is 8.42 Å². The fourth-order valence-corrected chi connectivity index (χ4v) is 3.56. The van der Waals surface area contributed by atoms with E-state index in [2.05, 4.69) is 6.58 Å². The Morgan fingerprint density at radius 2 is 1.64 bits per heavy atom. The molecule has 5 heteroatoms. The summed E-state index contributed by atoms with van der Waals surface area (Å²) in [4.78, 5) is -0.134. The second-order valence-electron chi connectivity index (χ2n) is 4.92. The zero-order chi connectivity index (χ0) is 15.0. The molecule has 22 heavy (non-hydrogen) atoms. The molecule has 3 rings (SSSR count). The molecular weight excluding hydrogens is 307 g/mol. The van der Waals surface area contributed by atoms with Gasteiger partial charge in [-0.1, -0.05) is 42.5 Å². The summed E-state index contributed by atoms with van der Waals surface area (Å²) < 4.78 is 35.1. The van der Waals surface area contributed by atoms with Crippen molar-refractivity contribution in [3.63, 3.8) is 0 Å². The van der Waals surface area contributed by atoms with Crippen molar-refractivity contribution in [1.29, 1.82) is 0 Å². The van der Waals surface area contributed by atoms with Crippen LogP contribution < -0.4 is 29.6 Å². The van der Waals surface area contributed by atoms with Gasteiger partial charge in [-0.05, 0) is 40.3 Å². The number of hydrogen-bond donors (Lipinski definition) is 0. The Kier molecular flexibility index (Phi) is 5.10. The summed E-state index contributed by atoms with van der Waals surface area (Å²) in [5.41, 5.74) is 0.489. The molecule has 106 valence electrons. The molecule has 0 heterocycles. The summed E-state index contributed by atoms with van der Waals surface area (Å²) in [6, 6.07) is 14.9. The fourth-order valence-electron chi connectivity index (χ4n) is 2.64. The minimum Gasteiger partial charge on any atom is -0.744 e. The molecule has 3 aromatic rings. The van der Waals surface area contributed by atoms with Crippen LogP contribution in [0.1, 0.15) is 5.56 Å². The van der Waals surface area contributed by atoms with Gasteiger partial charge in [-0.15, -0.1) is 6.58 Å². The summed E-state index contributed by atoms with van der Waals surface area (Å²) in [7, 11) is -4.55. The maximum absolute atomic E-state index is 11.7. The number of allylic oxidation sites excluding steroid dienone is 1. The summed E-state index contributed by atoms with van der Waals surface area (Å²) in [5.74, 6) is 0. The standard InChI is InChI=1S/C17H14O3S.Na/c1-2-5-12-8-9-15-10-13-6-3-4-7-14(13)11-16(15)17(12)21(18,19)20;/h2-4,6-11H,1,5H2,(H,18,19,20);/q;+1/p-1. The van der Waals surface area contributed by atoms with Crippen LogP contribution in [0.25, 0.3) is 21.5 Å². The van der Waals surface area contributed by atoms with Gasteiger partial charge in [-0.3, -0.25) is 0 Å². The summed E-state index contributed by atoms with van der Waals surface area (Å²) >= 11 is 0. The molecule has 0 aliphatic carbocycles. The van der Waals surface area contributed by atoms with Crippen molar-refractivity contribution in [1.82, 2.24) is 0 Å². The third-order valence-corrected chi connectivity index (χ3v) is 4.51. The van der Waals surface area contributed by atoms with Crippen LogP contribution in [0.15, 0.2) is 66.1 Å². The first-order chi connectivity index (χ1) is 10.0. The molecule has 0 atom stereocenters. The zero-order valence-electron chi connectivity index (χ0n) is 12.2. The Hall–Kier alpha value is -1.17. The molecule has 0 aliphatic rings. The largest absolute Gasteiger partial charge is 1.00 e. The molecule has 0 aromatic heterocycles. The van der Waals surface area contributed by atoms with E-state index in [9.17, 15) is 13.0 Å². The van der Waals surface area contributed by atoms with Gasteiger partial charge < -0.3 is 4.55 Å². The molecule has 0 fully saturated rings. The maximum atomic E-state index is 11.7. The van der Waals surface area contributed by atoms with Gasteiger partial charge in [0.05, 0.1) is 4.90 Å². The van der Waals surface area contributed by atoms with Crippen LogP contribution in [0.4, 0.5) is 0 Å². The topological polar surface area (TPSA) is 57.2 Å². The van der Waals surface area contributed by atoms with Crippen molar-refractivity contribution in [2.45, 2.75) is 11.3 Å². The average Bonchev–Trinajstić information content (AvgIpc) is 2.44. The molecule has 3 nitrogen and oxygen atoms in total. The minimum absolute atomic E-state index is 0. The van der Waals surface area contributed by atoms with Gasteiger partial charge in [0.25, 0.3) is 0 Å². The molecule has 0 saturated carbocycles. The molecule has 0 saturated heterocycles. The van der Waals surface area contributed by atoms with Gasteiger partial charge >= 0.3 is 29.6 Å². The van der Waals surface area contributed by atoms with E-state index >= 15 is 0 Å². The normalized spacial score (nSPS) is 11.3. The van der Waals surface area contributed by atoms with E-state index in [4.69, 9.17) is 0 Å². The Morgan fingerprint density at radius 3 is 2.23 bits per heavy atom. The molecule has 0 N–H and O–H groups in total. The van der Waals surface area contributed by atoms with Crippen LogP contribution in [-0.4, -0.2) is 13.0 Å². The van der Waals surface area contributed by atoms with Gasteiger partial charge in [-0.2, -0.15) is 0 Å². The Morgan fingerprint density at radius 1 is 1.00 bits per heavy atom. The predicted octanol–water partition coefficient (Wildman–Crippen LogP) is 0.630. The molecular formula is C17H13NaO3S. The SMILES string of the molecule is C=CCc1ccc2cc3ccccc3cc2c1S(=O)(=O)[O-].[Na+]. The van der Waals surface area contributed by atoms with Crippen molar-refractivity contribution in [3.05, 3.63) is 66.7 Å². The summed E-state index contributed by atoms with van der Waals surface area (Å²) in [6.07, 6.45) is 1.94. The Bertz CT molecular complexity index is 962. The number of hydrogen-bond acceptors (Lipinski definition) is 3. The fraction of sp³-hybridized carbons (Fsp3) is 0.0588. The number of rotatable bonds is 3. The molecule has 3 aromatic carbocycles. The average molecular weight is 320 g/mol. The van der Waals surface area contributed by atoms with E-state index in [1.54, 1.807) is 18.2 Å². The molecule has 0 unspecified atom stereocenters. The predicted molar refractivity (Wildman–Crippen MR) is 83.3 cm³/mol. The van der Waals surface area contributed by atoms with Crippen LogP contribution in [0, 0.1) is 0 Å². The van der Waals surface area contributed by atoms with Crippen molar-refractivity contribution in [3.8, 4) is 0 Å². The third kappa shape index (κ3) is 3.12. The third-order valence-electron chi connectivity index (χ3n) is 3.53. The second kappa shape index (κ2) is 6.52. The monoisotopic (exact) mass is 320 g/mol. The Balaban J connectivity index is 0.00000176. The van der Waals surface area contributed by atoms with E-state index < -0.39 is 10.1 Å². The quantitative estimate of drug-likeness (QED) is 0.308. The van der Waals surface area contributed by atoms with Gasteiger partial charge in [0.1, 0.15) is 10.1 Å². The zero-order valence-corrected chi connectivity index (χ0v) is 15.1. The van der Waals surface area contributed by atoms with Crippen molar-refractivity contribution in [2.24, 2.45) is 0 Å². The van der Waals surface area contributed by atoms with Gasteiger partial charge in [0.2, 0.25) is 0 Å². The van der Waals surface area contributed by atoms with E-state index in [1.807, 2.05) is 36.4 Å². The van der Waals surface area contributed by atoms with Gasteiger partial charge in [0, 0.05) is 5.39 Å². The maximum Gasteiger partial charge on any atom is 1.00 e. The van der Waals surface area contributed by atoms with Crippen LogP contribution in [0.2, 0.25) is 0 Å². The van der Waals surface area contributed by atoms with Crippen molar-refractivity contribution >= 4 is 31.7 Å². The first kappa shape index (κ1) is 17.2. The van der Waals surface area contributed by atoms with E-state index in [0.717, 1.165) is 16.2 Å². The molecule has 0 aliphatic heterocycles. The Labute approximate surface area is 151 Å². The van der Waals surface area contributed by atoms with Crippen LogP contribution in [0.3, 0.4) is 0 Å². The molecule has 0 radical (unpaired) electrons. The number of benzene rings is 3. The van der Waals surface area contributed by atoms with Gasteiger partial charge in [0.15, 0.2) is 0 Å². The smallest absolute Gasteiger partial charge is 0.744 e. The van der Waals surface area contributed by atoms with E-state index in [0.29, 0.717) is 17.4 Å². The number of fused-ring (bicyclic) bond motifs is 2. The van der Waals surface area contributed by atoms with E-state index in [-0.39, 0.29) is 34.5 Å². The first-order valence-electron chi connectivity index (χ1n) is 6.52.